The van der Waals surface area contributed by atoms with Gasteiger partial charge in [0.25, 0.3) is 5.91 Å². The maximum absolute atomic E-state index is 11.7. The minimum absolute atomic E-state index is 0.436. The molecule has 5 nitrogen and oxygen atoms in total. The van der Waals surface area contributed by atoms with Gasteiger partial charge in [-0.1, -0.05) is 19.3 Å². The summed E-state index contributed by atoms with van der Waals surface area (Å²) < 4.78 is 0. The molecule has 5 heteroatoms. The molecule has 2 bridgehead atoms. The van der Waals surface area contributed by atoms with Gasteiger partial charge in [0.05, 0.1) is 17.3 Å². The Hall–Kier alpha value is -1.46. The Morgan fingerprint density at radius 3 is 2.76 bits per heavy atom. The number of aromatic nitrogens is 1. The summed E-state index contributed by atoms with van der Waals surface area (Å²) in [6.07, 6.45) is 15.0. The van der Waals surface area contributed by atoms with Crippen molar-refractivity contribution in [3.05, 3.63) is 29.1 Å². The van der Waals surface area contributed by atoms with E-state index in [9.17, 15) is 4.79 Å². The normalized spacial score (nSPS) is 30.8. The molecule has 2 unspecified atom stereocenters. The first-order valence-electron chi connectivity index (χ1n) is 9.90. The first-order chi connectivity index (χ1) is 12.2. The van der Waals surface area contributed by atoms with Crippen LogP contribution in [0.15, 0.2) is 12.3 Å². The molecule has 134 valence electrons. The highest BCUT2D eigenvalue weighted by atomic mass is 16.5. The van der Waals surface area contributed by atoms with E-state index in [4.69, 9.17) is 5.21 Å². The minimum Gasteiger partial charge on any atom is -0.288 e. The number of hydrogen-bond donors (Lipinski definition) is 2. The van der Waals surface area contributed by atoms with Gasteiger partial charge in [0, 0.05) is 18.3 Å². The fourth-order valence-corrected chi connectivity index (χ4v) is 6.23. The fourth-order valence-electron chi connectivity index (χ4n) is 6.23. The zero-order valence-electron chi connectivity index (χ0n) is 14.7. The molecule has 1 spiro atoms. The van der Waals surface area contributed by atoms with E-state index in [2.05, 4.69) is 9.88 Å². The molecule has 5 rings (SSSR count). The molecule has 1 aromatic rings. The van der Waals surface area contributed by atoms with E-state index in [1.807, 2.05) is 6.07 Å². The lowest BCUT2D eigenvalue weighted by molar-refractivity contribution is -0.0506. The molecular formula is C20H27N3O2. The van der Waals surface area contributed by atoms with E-state index in [0.717, 1.165) is 12.5 Å². The number of carbonyl (C=O) groups excluding carboxylic acids is 1. The highest BCUT2D eigenvalue weighted by Gasteiger charge is 2.52. The van der Waals surface area contributed by atoms with Gasteiger partial charge in [-0.05, 0) is 62.0 Å². The van der Waals surface area contributed by atoms with Crippen LogP contribution in [0.1, 0.15) is 85.4 Å². The van der Waals surface area contributed by atoms with Crippen molar-refractivity contribution in [2.45, 2.75) is 82.3 Å². The summed E-state index contributed by atoms with van der Waals surface area (Å²) in [5.41, 5.74) is 5.22. The predicted octanol–water partition coefficient (Wildman–Crippen LogP) is 3.38. The zero-order chi connectivity index (χ0) is 17.0. The number of amides is 1. The topological polar surface area (TPSA) is 65.5 Å². The second-order valence-corrected chi connectivity index (χ2v) is 8.73. The van der Waals surface area contributed by atoms with E-state index in [-0.39, 0.29) is 0 Å². The van der Waals surface area contributed by atoms with Crippen molar-refractivity contribution in [3.8, 4) is 0 Å². The quantitative estimate of drug-likeness (QED) is 0.639. The third-order valence-corrected chi connectivity index (χ3v) is 7.36. The molecule has 1 saturated heterocycles. The monoisotopic (exact) mass is 341 g/mol. The fraction of sp³-hybridized carbons (Fsp3) is 0.700. The van der Waals surface area contributed by atoms with Crippen molar-refractivity contribution in [2.24, 2.45) is 5.41 Å². The van der Waals surface area contributed by atoms with Gasteiger partial charge in [-0.25, -0.2) is 5.48 Å². The standard InChI is InChI=1S/C20H27N3O2/c24-19(22-25)14-8-13-9-15-4-5-17(18(13)21-12-14)23(15)16-10-20(11-16)6-2-1-3-7-20/h8,12,15-17,25H,1-7,9-11H2,(H,22,24). The van der Waals surface area contributed by atoms with Crippen LogP contribution in [0.2, 0.25) is 0 Å². The lowest BCUT2D eigenvalue weighted by Crippen LogP contribution is -2.55. The van der Waals surface area contributed by atoms with Crippen LogP contribution in [0, 0.1) is 5.41 Å². The summed E-state index contributed by atoms with van der Waals surface area (Å²) in [5, 5.41) is 8.85. The van der Waals surface area contributed by atoms with E-state index >= 15 is 0 Å². The molecule has 2 aliphatic heterocycles. The highest BCUT2D eigenvalue weighted by molar-refractivity contribution is 5.93. The van der Waals surface area contributed by atoms with Crippen molar-refractivity contribution in [1.29, 1.82) is 0 Å². The van der Waals surface area contributed by atoms with Crippen LogP contribution in [-0.4, -0.2) is 33.1 Å². The smallest absolute Gasteiger partial charge is 0.276 e. The first-order valence-corrected chi connectivity index (χ1v) is 9.90. The third-order valence-electron chi connectivity index (χ3n) is 7.36. The van der Waals surface area contributed by atoms with Crippen LogP contribution < -0.4 is 5.48 Å². The van der Waals surface area contributed by atoms with Gasteiger partial charge in [0.15, 0.2) is 0 Å². The Morgan fingerprint density at radius 2 is 2.00 bits per heavy atom. The first kappa shape index (κ1) is 15.8. The molecule has 1 aromatic heterocycles. The minimum atomic E-state index is -0.469. The maximum atomic E-state index is 11.7. The van der Waals surface area contributed by atoms with Crippen molar-refractivity contribution in [3.63, 3.8) is 0 Å². The summed E-state index contributed by atoms with van der Waals surface area (Å²) in [6.45, 7) is 0. The van der Waals surface area contributed by atoms with Crippen LogP contribution in [0.5, 0.6) is 0 Å². The van der Waals surface area contributed by atoms with Crippen LogP contribution in [-0.2, 0) is 6.42 Å². The lowest BCUT2D eigenvalue weighted by Gasteiger charge is -2.56. The average Bonchev–Trinajstić information content (AvgIpc) is 2.93. The average molecular weight is 341 g/mol. The highest BCUT2D eigenvalue weighted by Crippen LogP contribution is 2.57. The number of fused-ring (bicyclic) bond motifs is 4. The van der Waals surface area contributed by atoms with Gasteiger partial charge < -0.3 is 0 Å². The molecule has 2 N–H and O–H groups in total. The molecule has 1 amide bonds. The number of rotatable bonds is 2. The van der Waals surface area contributed by atoms with E-state index < -0.39 is 5.91 Å². The molecule has 25 heavy (non-hydrogen) atoms. The van der Waals surface area contributed by atoms with Crippen LogP contribution >= 0.6 is 0 Å². The molecule has 3 heterocycles. The van der Waals surface area contributed by atoms with Crippen LogP contribution in [0.3, 0.4) is 0 Å². The molecule has 0 radical (unpaired) electrons. The number of nitrogens with zero attached hydrogens (tertiary/aromatic N) is 2. The second kappa shape index (κ2) is 5.78. The second-order valence-electron chi connectivity index (χ2n) is 8.73. The molecule has 3 fully saturated rings. The summed E-state index contributed by atoms with van der Waals surface area (Å²) in [7, 11) is 0. The Morgan fingerprint density at radius 1 is 1.20 bits per heavy atom. The van der Waals surface area contributed by atoms with Gasteiger partial charge in [-0.2, -0.15) is 0 Å². The molecule has 2 aliphatic carbocycles. The Bertz CT molecular complexity index is 690. The summed E-state index contributed by atoms with van der Waals surface area (Å²) >= 11 is 0. The molecular weight excluding hydrogens is 314 g/mol. The maximum Gasteiger partial charge on any atom is 0.276 e. The van der Waals surface area contributed by atoms with E-state index in [0.29, 0.717) is 23.1 Å². The number of hydrogen-bond acceptors (Lipinski definition) is 4. The Labute approximate surface area is 148 Å². The van der Waals surface area contributed by atoms with Crippen molar-refractivity contribution >= 4 is 5.91 Å². The largest absolute Gasteiger partial charge is 0.288 e. The molecule has 4 aliphatic rings. The van der Waals surface area contributed by atoms with Crippen molar-refractivity contribution < 1.29 is 10.0 Å². The van der Waals surface area contributed by atoms with Gasteiger partial charge >= 0.3 is 0 Å². The van der Waals surface area contributed by atoms with Gasteiger partial charge in [-0.15, -0.1) is 0 Å². The Kier molecular flexibility index (Phi) is 3.64. The summed E-state index contributed by atoms with van der Waals surface area (Å²) in [6, 6.07) is 3.72. The number of carbonyl (C=O) groups is 1. The molecule has 2 saturated carbocycles. The molecule has 2 atom stereocenters. The lowest BCUT2D eigenvalue weighted by atomic mass is 9.57. The number of nitrogens with one attached hydrogen (secondary N) is 1. The van der Waals surface area contributed by atoms with Crippen LogP contribution in [0.25, 0.3) is 0 Å². The summed E-state index contributed by atoms with van der Waals surface area (Å²) in [4.78, 5) is 19.1. The van der Waals surface area contributed by atoms with E-state index in [1.165, 1.54) is 69.0 Å². The van der Waals surface area contributed by atoms with Crippen molar-refractivity contribution in [2.75, 3.05) is 0 Å². The van der Waals surface area contributed by atoms with Crippen molar-refractivity contribution in [1.82, 2.24) is 15.4 Å². The summed E-state index contributed by atoms with van der Waals surface area (Å²) in [5.74, 6) is -0.469. The zero-order valence-corrected chi connectivity index (χ0v) is 14.7. The Balaban J connectivity index is 1.36. The third kappa shape index (κ3) is 2.43. The van der Waals surface area contributed by atoms with Gasteiger partial charge in [0.2, 0.25) is 0 Å². The number of hydroxylamine groups is 1. The predicted molar refractivity (Wildman–Crippen MR) is 93.3 cm³/mol. The number of pyridine rings is 1. The van der Waals surface area contributed by atoms with Gasteiger partial charge in [-0.3, -0.25) is 19.9 Å². The van der Waals surface area contributed by atoms with Gasteiger partial charge in [0.1, 0.15) is 0 Å². The van der Waals surface area contributed by atoms with Crippen LogP contribution in [0.4, 0.5) is 0 Å². The SMILES string of the molecule is O=C(NO)c1cnc2c(c1)CC1CCC2N1C1CC2(CCCCC2)C1. The van der Waals surface area contributed by atoms with E-state index in [1.54, 1.807) is 11.7 Å². The molecule has 0 aromatic carbocycles.